The molecule has 0 saturated heterocycles. The second kappa shape index (κ2) is 6.44. The molecule has 0 fully saturated rings. The number of nitrogens with one attached hydrogen (secondary N) is 2. The largest absolute Gasteiger partial charge is 0.482 e. The number of methoxy groups -OCH3 is 1. The molecule has 0 aliphatic carbocycles. The summed E-state index contributed by atoms with van der Waals surface area (Å²) in [5.41, 5.74) is 1.96. The van der Waals surface area contributed by atoms with Crippen molar-refractivity contribution in [2.24, 2.45) is 0 Å². The van der Waals surface area contributed by atoms with E-state index in [2.05, 4.69) is 20.0 Å². The molecule has 1 aromatic carbocycles. The van der Waals surface area contributed by atoms with Crippen molar-refractivity contribution in [2.75, 3.05) is 19.0 Å². The highest BCUT2D eigenvalue weighted by atomic mass is 16.6. The van der Waals surface area contributed by atoms with Crippen LogP contribution in [-0.2, 0) is 16.1 Å². The van der Waals surface area contributed by atoms with E-state index in [1.807, 2.05) is 12.1 Å². The van der Waals surface area contributed by atoms with Crippen molar-refractivity contribution in [2.45, 2.75) is 6.54 Å². The summed E-state index contributed by atoms with van der Waals surface area (Å²) < 4.78 is 9.74. The molecular formula is C13H15N3O3. The number of anilines is 1. The summed E-state index contributed by atoms with van der Waals surface area (Å²) in [6, 6.07) is 7.34. The lowest BCUT2D eigenvalue weighted by atomic mass is 10.3. The monoisotopic (exact) mass is 261 g/mol. The van der Waals surface area contributed by atoms with Crippen LogP contribution in [0.25, 0.3) is 0 Å². The van der Waals surface area contributed by atoms with Crippen molar-refractivity contribution >= 4 is 11.7 Å². The molecule has 0 atom stereocenters. The van der Waals surface area contributed by atoms with Crippen LogP contribution < -0.4 is 10.1 Å². The molecule has 6 heteroatoms. The molecule has 0 aliphatic heterocycles. The lowest BCUT2D eigenvalue weighted by molar-refractivity contribution is -0.142. The van der Waals surface area contributed by atoms with E-state index in [0.717, 1.165) is 11.4 Å². The second-order valence-electron chi connectivity index (χ2n) is 3.82. The zero-order valence-corrected chi connectivity index (χ0v) is 10.6. The van der Waals surface area contributed by atoms with Gasteiger partial charge in [0.1, 0.15) is 5.75 Å². The number of hydrogen-bond donors (Lipinski definition) is 2. The number of rotatable bonds is 6. The first-order valence-corrected chi connectivity index (χ1v) is 5.79. The Morgan fingerprint density at radius 2 is 2.16 bits per heavy atom. The summed E-state index contributed by atoms with van der Waals surface area (Å²) in [6.07, 6.45) is 3.40. The van der Waals surface area contributed by atoms with E-state index in [4.69, 9.17) is 4.74 Å². The average molecular weight is 261 g/mol. The van der Waals surface area contributed by atoms with Gasteiger partial charge in [-0.25, -0.2) is 9.78 Å². The minimum atomic E-state index is -0.401. The standard InChI is InChI=1S/C13H15N3O3/c1-18-13(17)8-19-12-4-2-10(3-5-12)15-7-11-6-14-9-16-11/h2-6,9,15H,7-8H2,1H3,(H,14,16). The SMILES string of the molecule is COC(=O)COc1ccc(NCc2cnc[nH]2)cc1. The highest BCUT2D eigenvalue weighted by Gasteiger charge is 2.01. The zero-order valence-electron chi connectivity index (χ0n) is 10.6. The Hall–Kier alpha value is -2.50. The van der Waals surface area contributed by atoms with Gasteiger partial charge in [0, 0.05) is 11.9 Å². The molecule has 100 valence electrons. The Balaban J connectivity index is 1.82. The second-order valence-corrected chi connectivity index (χ2v) is 3.82. The van der Waals surface area contributed by atoms with Crippen LogP contribution in [-0.4, -0.2) is 29.7 Å². The highest BCUT2D eigenvalue weighted by molar-refractivity contribution is 5.70. The Kier molecular flexibility index (Phi) is 4.39. The van der Waals surface area contributed by atoms with E-state index in [9.17, 15) is 4.79 Å². The molecule has 0 amide bonds. The molecule has 0 bridgehead atoms. The molecule has 1 heterocycles. The molecule has 19 heavy (non-hydrogen) atoms. The number of carbonyl (C=O) groups excluding carboxylic acids is 1. The molecule has 0 spiro atoms. The molecule has 0 aliphatic rings. The van der Waals surface area contributed by atoms with E-state index in [1.54, 1.807) is 24.7 Å². The number of hydrogen-bond acceptors (Lipinski definition) is 5. The van der Waals surface area contributed by atoms with Crippen molar-refractivity contribution in [1.82, 2.24) is 9.97 Å². The maximum Gasteiger partial charge on any atom is 0.343 e. The molecule has 0 unspecified atom stereocenters. The molecule has 2 N–H and O–H groups in total. The van der Waals surface area contributed by atoms with Crippen LogP contribution in [0.1, 0.15) is 5.69 Å². The number of esters is 1. The number of benzene rings is 1. The topological polar surface area (TPSA) is 76.2 Å². The van der Waals surface area contributed by atoms with Gasteiger partial charge in [-0.05, 0) is 24.3 Å². The normalized spacial score (nSPS) is 9.95. The summed E-state index contributed by atoms with van der Waals surface area (Å²) in [7, 11) is 1.33. The van der Waals surface area contributed by atoms with Crippen LogP contribution in [0, 0.1) is 0 Å². The number of aromatic amines is 1. The predicted octanol–water partition coefficient (Wildman–Crippen LogP) is 1.57. The fraction of sp³-hybridized carbons (Fsp3) is 0.231. The summed E-state index contributed by atoms with van der Waals surface area (Å²) in [5, 5.41) is 3.23. The number of carbonyl (C=O) groups is 1. The van der Waals surface area contributed by atoms with Crippen molar-refractivity contribution in [3.8, 4) is 5.75 Å². The summed E-state index contributed by atoms with van der Waals surface area (Å²) in [6.45, 7) is 0.583. The Morgan fingerprint density at radius 1 is 1.37 bits per heavy atom. The Labute approximate surface area is 110 Å². The minimum Gasteiger partial charge on any atom is -0.482 e. The third-order valence-electron chi connectivity index (χ3n) is 2.48. The number of imidazole rings is 1. The maximum absolute atomic E-state index is 10.9. The summed E-state index contributed by atoms with van der Waals surface area (Å²) in [4.78, 5) is 17.9. The molecule has 0 saturated carbocycles. The predicted molar refractivity (Wildman–Crippen MR) is 69.9 cm³/mol. The average Bonchev–Trinajstić information content (AvgIpc) is 2.97. The third-order valence-corrected chi connectivity index (χ3v) is 2.48. The van der Waals surface area contributed by atoms with Crippen LogP contribution in [0.15, 0.2) is 36.8 Å². The Bertz CT molecular complexity index is 508. The van der Waals surface area contributed by atoms with Gasteiger partial charge in [-0.1, -0.05) is 0 Å². The first kappa shape index (κ1) is 12.9. The highest BCUT2D eigenvalue weighted by Crippen LogP contribution is 2.16. The van der Waals surface area contributed by atoms with Crippen LogP contribution in [0.2, 0.25) is 0 Å². The minimum absolute atomic E-state index is 0.0859. The lowest BCUT2D eigenvalue weighted by Crippen LogP contribution is -2.12. The summed E-state index contributed by atoms with van der Waals surface area (Å²) >= 11 is 0. The maximum atomic E-state index is 10.9. The number of aromatic nitrogens is 2. The van der Waals surface area contributed by atoms with Crippen molar-refractivity contribution in [1.29, 1.82) is 0 Å². The van der Waals surface area contributed by atoms with E-state index < -0.39 is 5.97 Å². The molecular weight excluding hydrogens is 246 g/mol. The van der Waals surface area contributed by atoms with Crippen molar-refractivity contribution in [3.05, 3.63) is 42.5 Å². The van der Waals surface area contributed by atoms with E-state index in [0.29, 0.717) is 12.3 Å². The number of ether oxygens (including phenoxy) is 2. The van der Waals surface area contributed by atoms with Gasteiger partial charge in [0.15, 0.2) is 6.61 Å². The quantitative estimate of drug-likeness (QED) is 0.772. The van der Waals surface area contributed by atoms with Gasteiger partial charge in [0.05, 0.1) is 25.7 Å². The number of nitrogens with zero attached hydrogens (tertiary/aromatic N) is 1. The summed E-state index contributed by atoms with van der Waals surface area (Å²) in [5.74, 6) is 0.221. The van der Waals surface area contributed by atoms with E-state index in [1.165, 1.54) is 7.11 Å². The van der Waals surface area contributed by atoms with Gasteiger partial charge < -0.3 is 19.8 Å². The Morgan fingerprint density at radius 3 is 2.79 bits per heavy atom. The molecule has 2 rings (SSSR count). The van der Waals surface area contributed by atoms with Gasteiger partial charge in [0.2, 0.25) is 0 Å². The smallest absolute Gasteiger partial charge is 0.343 e. The molecule has 2 aromatic rings. The van der Waals surface area contributed by atoms with Crippen LogP contribution >= 0.6 is 0 Å². The lowest BCUT2D eigenvalue weighted by Gasteiger charge is -2.07. The van der Waals surface area contributed by atoms with Crippen molar-refractivity contribution in [3.63, 3.8) is 0 Å². The van der Waals surface area contributed by atoms with Gasteiger partial charge >= 0.3 is 5.97 Å². The van der Waals surface area contributed by atoms with E-state index >= 15 is 0 Å². The third kappa shape index (κ3) is 4.02. The fourth-order valence-electron chi connectivity index (χ4n) is 1.45. The van der Waals surface area contributed by atoms with Crippen LogP contribution in [0.3, 0.4) is 0 Å². The molecule has 0 radical (unpaired) electrons. The zero-order chi connectivity index (χ0) is 13.5. The van der Waals surface area contributed by atoms with Crippen molar-refractivity contribution < 1.29 is 14.3 Å². The van der Waals surface area contributed by atoms with Crippen LogP contribution in [0.5, 0.6) is 5.75 Å². The van der Waals surface area contributed by atoms with E-state index in [-0.39, 0.29) is 6.61 Å². The molecule has 1 aromatic heterocycles. The van der Waals surface area contributed by atoms with Gasteiger partial charge in [0.25, 0.3) is 0 Å². The first-order valence-electron chi connectivity index (χ1n) is 5.79. The van der Waals surface area contributed by atoms with Gasteiger partial charge in [-0.3, -0.25) is 0 Å². The molecule has 6 nitrogen and oxygen atoms in total. The number of H-pyrrole nitrogens is 1. The van der Waals surface area contributed by atoms with Gasteiger partial charge in [-0.15, -0.1) is 0 Å². The fourth-order valence-corrected chi connectivity index (χ4v) is 1.45. The first-order chi connectivity index (χ1) is 9.28. The van der Waals surface area contributed by atoms with Gasteiger partial charge in [-0.2, -0.15) is 0 Å². The van der Waals surface area contributed by atoms with Crippen LogP contribution in [0.4, 0.5) is 5.69 Å².